The Labute approximate surface area is 181 Å². The molecule has 0 aliphatic carbocycles. The number of carbonyl (C=O) groups excluding carboxylic acids is 1. The normalized spacial score (nSPS) is 10.8. The van der Waals surface area contributed by atoms with E-state index in [1.807, 2.05) is 26.0 Å². The molecule has 0 unspecified atom stereocenters. The van der Waals surface area contributed by atoms with Crippen LogP contribution in [-0.4, -0.2) is 43.3 Å². The molecule has 0 aliphatic heterocycles. The third-order valence-electron chi connectivity index (χ3n) is 5.09. The first-order chi connectivity index (χ1) is 14.4. The molecule has 158 valence electrons. The van der Waals surface area contributed by atoms with Crippen LogP contribution in [0, 0.1) is 13.8 Å². The van der Waals surface area contributed by atoms with E-state index in [9.17, 15) is 4.79 Å². The standard InChI is InChI=1S/C23H26ClN3O3/c1-15-5-6-17-13-18(22(24)26-21(17)16(15)2)14-27(11-12-29-3)23(28)25-19-7-9-20(30-4)10-8-19/h5-10,13H,11-12,14H2,1-4H3,(H,25,28). The lowest BCUT2D eigenvalue weighted by atomic mass is 10.0. The van der Waals surface area contributed by atoms with Gasteiger partial charge in [-0.05, 0) is 55.3 Å². The fourth-order valence-electron chi connectivity index (χ4n) is 3.15. The molecule has 6 nitrogen and oxygen atoms in total. The maximum absolute atomic E-state index is 12.9. The van der Waals surface area contributed by atoms with Gasteiger partial charge < -0.3 is 19.7 Å². The monoisotopic (exact) mass is 427 g/mol. The van der Waals surface area contributed by atoms with E-state index in [0.717, 1.165) is 27.8 Å². The minimum atomic E-state index is -0.242. The topological polar surface area (TPSA) is 63.7 Å². The Hall–Kier alpha value is -2.83. The largest absolute Gasteiger partial charge is 0.497 e. The van der Waals surface area contributed by atoms with Crippen molar-refractivity contribution < 1.29 is 14.3 Å². The van der Waals surface area contributed by atoms with Gasteiger partial charge in [-0.2, -0.15) is 0 Å². The third kappa shape index (κ3) is 5.01. The number of pyridine rings is 1. The van der Waals surface area contributed by atoms with Crippen LogP contribution in [0.25, 0.3) is 10.9 Å². The molecule has 7 heteroatoms. The second-order valence-corrected chi connectivity index (χ2v) is 7.45. The highest BCUT2D eigenvalue weighted by Gasteiger charge is 2.17. The predicted octanol–water partition coefficient (Wildman–Crippen LogP) is 5.19. The summed E-state index contributed by atoms with van der Waals surface area (Å²) in [7, 11) is 3.21. The number of halogens is 1. The predicted molar refractivity (Wildman–Crippen MR) is 121 cm³/mol. The number of nitrogens with zero attached hydrogens (tertiary/aromatic N) is 2. The molecule has 0 saturated heterocycles. The summed E-state index contributed by atoms with van der Waals surface area (Å²) in [5.74, 6) is 0.726. The van der Waals surface area contributed by atoms with E-state index in [0.29, 0.717) is 30.5 Å². The van der Waals surface area contributed by atoms with Gasteiger partial charge in [0, 0.05) is 30.3 Å². The number of amides is 2. The van der Waals surface area contributed by atoms with Crippen LogP contribution in [-0.2, 0) is 11.3 Å². The van der Waals surface area contributed by atoms with Gasteiger partial charge >= 0.3 is 6.03 Å². The number of ether oxygens (including phenoxy) is 2. The van der Waals surface area contributed by atoms with Gasteiger partial charge in [-0.15, -0.1) is 0 Å². The Morgan fingerprint density at radius 3 is 2.53 bits per heavy atom. The quantitative estimate of drug-likeness (QED) is 0.527. The van der Waals surface area contributed by atoms with Crippen molar-refractivity contribution in [2.24, 2.45) is 0 Å². The molecule has 1 heterocycles. The van der Waals surface area contributed by atoms with Gasteiger partial charge in [-0.3, -0.25) is 0 Å². The maximum Gasteiger partial charge on any atom is 0.322 e. The highest BCUT2D eigenvalue weighted by molar-refractivity contribution is 6.30. The molecule has 3 aromatic rings. The summed E-state index contributed by atoms with van der Waals surface area (Å²) in [5.41, 5.74) is 4.62. The van der Waals surface area contributed by atoms with Crippen molar-refractivity contribution in [3.05, 3.63) is 64.3 Å². The zero-order valence-corrected chi connectivity index (χ0v) is 18.4. The zero-order chi connectivity index (χ0) is 21.7. The van der Waals surface area contributed by atoms with E-state index in [1.165, 1.54) is 5.56 Å². The molecule has 0 aliphatic rings. The molecule has 0 radical (unpaired) electrons. The van der Waals surface area contributed by atoms with Gasteiger partial charge in [-0.1, -0.05) is 23.7 Å². The summed E-state index contributed by atoms with van der Waals surface area (Å²) in [5, 5.41) is 4.31. The summed E-state index contributed by atoms with van der Waals surface area (Å²) in [6.07, 6.45) is 0. The van der Waals surface area contributed by atoms with Gasteiger partial charge in [0.25, 0.3) is 0 Å². The number of carbonyl (C=O) groups is 1. The lowest BCUT2D eigenvalue weighted by molar-refractivity contribution is 0.153. The number of methoxy groups -OCH3 is 2. The van der Waals surface area contributed by atoms with Crippen molar-refractivity contribution in [2.45, 2.75) is 20.4 Å². The number of nitrogens with one attached hydrogen (secondary N) is 1. The van der Waals surface area contributed by atoms with Crippen LogP contribution in [0.15, 0.2) is 42.5 Å². The van der Waals surface area contributed by atoms with Gasteiger partial charge in [-0.25, -0.2) is 9.78 Å². The van der Waals surface area contributed by atoms with E-state index >= 15 is 0 Å². The van der Waals surface area contributed by atoms with Crippen molar-refractivity contribution in [1.29, 1.82) is 0 Å². The van der Waals surface area contributed by atoms with Crippen LogP contribution in [0.3, 0.4) is 0 Å². The van der Waals surface area contributed by atoms with Crippen molar-refractivity contribution in [1.82, 2.24) is 9.88 Å². The lowest BCUT2D eigenvalue weighted by Crippen LogP contribution is -2.37. The number of hydrogen-bond acceptors (Lipinski definition) is 4. The van der Waals surface area contributed by atoms with Crippen molar-refractivity contribution in [3.63, 3.8) is 0 Å². The van der Waals surface area contributed by atoms with Crippen molar-refractivity contribution in [3.8, 4) is 5.75 Å². The second-order valence-electron chi connectivity index (χ2n) is 7.09. The third-order valence-corrected chi connectivity index (χ3v) is 5.42. The maximum atomic E-state index is 12.9. The molecule has 0 fully saturated rings. The highest BCUT2D eigenvalue weighted by atomic mass is 35.5. The number of anilines is 1. The SMILES string of the molecule is COCCN(Cc1cc2ccc(C)c(C)c2nc1Cl)C(=O)Nc1ccc(OC)cc1. The van der Waals surface area contributed by atoms with Crippen molar-refractivity contribution >= 4 is 34.2 Å². The minimum Gasteiger partial charge on any atom is -0.497 e. The molecule has 0 spiro atoms. The second kappa shape index (κ2) is 9.78. The van der Waals surface area contributed by atoms with E-state index in [-0.39, 0.29) is 6.03 Å². The summed E-state index contributed by atoms with van der Waals surface area (Å²) >= 11 is 6.49. The Bertz CT molecular complexity index is 1040. The number of hydrogen-bond donors (Lipinski definition) is 1. The molecule has 30 heavy (non-hydrogen) atoms. The summed E-state index contributed by atoms with van der Waals surface area (Å²) < 4.78 is 10.3. The van der Waals surface area contributed by atoms with E-state index in [2.05, 4.69) is 16.4 Å². The molecule has 2 amide bonds. The average molecular weight is 428 g/mol. The van der Waals surface area contributed by atoms with Crippen LogP contribution < -0.4 is 10.1 Å². The van der Waals surface area contributed by atoms with Gasteiger partial charge in [0.1, 0.15) is 10.9 Å². The summed E-state index contributed by atoms with van der Waals surface area (Å²) in [4.78, 5) is 19.2. The van der Waals surface area contributed by atoms with Crippen LogP contribution in [0.2, 0.25) is 5.15 Å². The van der Waals surface area contributed by atoms with Crippen LogP contribution in [0.1, 0.15) is 16.7 Å². The van der Waals surface area contributed by atoms with Gasteiger partial charge in [0.05, 0.1) is 25.8 Å². The highest BCUT2D eigenvalue weighted by Crippen LogP contribution is 2.26. The first-order valence-corrected chi connectivity index (χ1v) is 10.0. The van der Waals surface area contributed by atoms with E-state index < -0.39 is 0 Å². The molecule has 0 atom stereocenters. The minimum absolute atomic E-state index is 0.242. The fraction of sp³-hybridized carbons (Fsp3) is 0.304. The van der Waals surface area contributed by atoms with Crippen molar-refractivity contribution in [2.75, 3.05) is 32.7 Å². The Morgan fingerprint density at radius 1 is 1.13 bits per heavy atom. The number of urea groups is 1. The Morgan fingerprint density at radius 2 is 1.87 bits per heavy atom. The first kappa shape index (κ1) is 21.9. The molecule has 1 aromatic heterocycles. The first-order valence-electron chi connectivity index (χ1n) is 9.67. The van der Waals surface area contributed by atoms with Crippen LogP contribution in [0.4, 0.5) is 10.5 Å². The number of fused-ring (bicyclic) bond motifs is 1. The molecule has 2 aromatic carbocycles. The average Bonchev–Trinajstić information content (AvgIpc) is 2.75. The number of benzene rings is 2. The van der Waals surface area contributed by atoms with E-state index in [4.69, 9.17) is 21.1 Å². The zero-order valence-electron chi connectivity index (χ0n) is 17.7. The molecule has 0 bridgehead atoms. The summed E-state index contributed by atoms with van der Waals surface area (Å²) in [6.45, 7) is 5.23. The van der Waals surface area contributed by atoms with Gasteiger partial charge in [0.15, 0.2) is 0 Å². The van der Waals surface area contributed by atoms with Crippen LogP contribution in [0.5, 0.6) is 5.75 Å². The number of rotatable bonds is 7. The molecular formula is C23H26ClN3O3. The van der Waals surface area contributed by atoms with Crippen LogP contribution >= 0.6 is 11.6 Å². The lowest BCUT2D eigenvalue weighted by Gasteiger charge is -2.23. The number of aromatic nitrogens is 1. The molecular weight excluding hydrogens is 402 g/mol. The fourth-order valence-corrected chi connectivity index (χ4v) is 3.35. The van der Waals surface area contributed by atoms with Gasteiger partial charge in [0.2, 0.25) is 0 Å². The number of aryl methyl sites for hydroxylation is 2. The molecule has 1 N–H and O–H groups in total. The Balaban J connectivity index is 1.83. The smallest absolute Gasteiger partial charge is 0.322 e. The summed E-state index contributed by atoms with van der Waals surface area (Å²) in [6, 6.07) is 13.0. The molecule has 3 rings (SSSR count). The molecule has 0 saturated carbocycles. The Kier molecular flexibility index (Phi) is 7.13. The van der Waals surface area contributed by atoms with E-state index in [1.54, 1.807) is 43.4 Å².